The number of alkyl halides is 18. The molecular formula is C62H64F18Ir2N4O10-2. The maximum atomic E-state index is 13.8. The van der Waals surface area contributed by atoms with E-state index < -0.39 is 111 Å². The zero-order valence-electron chi connectivity index (χ0n) is 52.3. The molecule has 4 N–H and O–H groups in total. The minimum absolute atomic E-state index is 0. The van der Waals surface area contributed by atoms with Crippen LogP contribution >= 0.6 is 0 Å². The van der Waals surface area contributed by atoms with Crippen molar-refractivity contribution in [3.8, 4) is 79.5 Å². The van der Waals surface area contributed by atoms with Gasteiger partial charge in [0, 0.05) is 57.2 Å². The quantitative estimate of drug-likeness (QED) is 0.0596. The van der Waals surface area contributed by atoms with Gasteiger partial charge in [0.25, 0.3) is 0 Å². The fraction of sp³-hybridized carbons (Fsp3) is 0.484. The van der Waals surface area contributed by atoms with Crippen LogP contribution in [0.4, 0.5) is 79.0 Å². The molecule has 0 fully saturated rings. The summed E-state index contributed by atoms with van der Waals surface area (Å²) >= 11 is 0. The average Bonchev–Trinajstić information content (AvgIpc) is 0.745. The number of methoxy groups -OCH3 is 6. The topological polar surface area (TPSA) is 188 Å². The molecule has 2 aliphatic carbocycles. The fourth-order valence-electron chi connectivity index (χ4n) is 10.1. The standard InChI is InChI=1S/C26H11F18N2.C26H29N2O6.2C5H12O2.2Ir/c27-21(28,29)11-5-9(6-12(22(30,31)32)17(11)25(39,40)41)19-20(46-16-4-2-1-3-15(16)45-19)10-7-13(23(33,34)35)18(26(42,43)44)14(8-10)24(36,37)38;1-29-19-11-15(12-20(30-2)25(19)33-5)23-24(28-18-10-8-7-9-17(18)27-23)16-13-21(31-3)26(34-6)22(14-16)32-4;2*1-4(6)3-5(2)7;;/h5-7H,1-4H2;11-13H,7-10H2,1-6H3;2*4-7H,3H2,1-2H3;;/q2*-1;;;;. The van der Waals surface area contributed by atoms with E-state index in [1.54, 1.807) is 70.4 Å². The molecule has 2 aliphatic rings. The van der Waals surface area contributed by atoms with Gasteiger partial charge < -0.3 is 48.8 Å². The molecule has 8 rings (SSSR count). The van der Waals surface area contributed by atoms with Gasteiger partial charge in [0.15, 0.2) is 11.5 Å². The van der Waals surface area contributed by atoms with E-state index in [2.05, 4.69) is 16.0 Å². The van der Waals surface area contributed by atoms with Crippen LogP contribution in [-0.2, 0) is 103 Å². The normalized spacial score (nSPS) is 14.5. The molecule has 14 nitrogen and oxygen atoms in total. The van der Waals surface area contributed by atoms with Crippen molar-refractivity contribution in [2.45, 2.75) is 153 Å². The second kappa shape index (κ2) is 34.0. The van der Waals surface area contributed by atoms with Crippen molar-refractivity contribution in [2.75, 3.05) is 42.7 Å². The van der Waals surface area contributed by atoms with Gasteiger partial charge in [-0.1, -0.05) is 12.1 Å². The summed E-state index contributed by atoms with van der Waals surface area (Å²) in [7, 11) is 9.47. The summed E-state index contributed by atoms with van der Waals surface area (Å²) in [6.07, 6.45) is -33.7. The third-order valence-corrected chi connectivity index (χ3v) is 13.9. The molecule has 2 radical (unpaired) electrons. The molecule has 4 atom stereocenters. The summed E-state index contributed by atoms with van der Waals surface area (Å²) in [6, 6.07) is 8.35. The van der Waals surface area contributed by atoms with Crippen molar-refractivity contribution in [3.05, 3.63) is 105 Å². The zero-order chi connectivity index (χ0) is 71.0. The summed E-state index contributed by atoms with van der Waals surface area (Å²) in [6.45, 7) is 6.64. The van der Waals surface area contributed by atoms with Crippen LogP contribution < -0.4 is 28.4 Å². The van der Waals surface area contributed by atoms with Crippen LogP contribution in [0.2, 0.25) is 0 Å². The van der Waals surface area contributed by atoms with E-state index >= 15 is 0 Å². The molecule has 0 saturated heterocycles. The number of aliphatic hydroxyl groups excluding tert-OH is 4. The second-order valence-corrected chi connectivity index (χ2v) is 21.4. The average molecular weight is 1750 g/mol. The maximum Gasteiger partial charge on any atom is 0.417 e. The van der Waals surface area contributed by atoms with Crippen molar-refractivity contribution in [3.63, 3.8) is 0 Å². The first-order valence-electron chi connectivity index (χ1n) is 28.2. The predicted octanol–water partition coefficient (Wildman–Crippen LogP) is 15.4. The van der Waals surface area contributed by atoms with Crippen LogP contribution in [0, 0.1) is 12.1 Å². The number of hydrogen-bond donors (Lipinski definition) is 4. The summed E-state index contributed by atoms with van der Waals surface area (Å²) in [5, 5.41) is 34.3. The molecule has 2 heterocycles. The number of halogens is 18. The smallest absolute Gasteiger partial charge is 0.417 e. The van der Waals surface area contributed by atoms with E-state index in [1.165, 1.54) is 0 Å². The number of ether oxygens (including phenoxy) is 6. The van der Waals surface area contributed by atoms with Crippen molar-refractivity contribution in [2.24, 2.45) is 0 Å². The molecule has 0 bridgehead atoms. The van der Waals surface area contributed by atoms with Gasteiger partial charge in [-0.25, -0.2) is 0 Å². The molecule has 0 aliphatic heterocycles. The van der Waals surface area contributed by atoms with Crippen LogP contribution in [0.25, 0.3) is 45.0 Å². The zero-order valence-corrected chi connectivity index (χ0v) is 57.1. The molecule has 4 unspecified atom stereocenters. The predicted molar refractivity (Wildman–Crippen MR) is 302 cm³/mol. The number of rotatable bonds is 14. The van der Waals surface area contributed by atoms with Gasteiger partial charge in [0.05, 0.1) is 129 Å². The Labute approximate surface area is 565 Å². The molecular weight excluding hydrogens is 1690 g/mol. The molecule has 34 heteroatoms. The van der Waals surface area contributed by atoms with E-state index in [-0.39, 0.29) is 102 Å². The number of aliphatic hydroxyl groups is 4. The number of aromatic nitrogens is 4. The van der Waals surface area contributed by atoms with Gasteiger partial charge in [-0.3, -0.25) is 19.9 Å². The first-order valence-corrected chi connectivity index (χ1v) is 28.2. The molecule has 2 aromatic heterocycles. The van der Waals surface area contributed by atoms with Crippen LogP contribution in [-0.4, -0.2) is 107 Å². The Morgan fingerprint density at radius 2 is 0.688 bits per heavy atom. The van der Waals surface area contributed by atoms with Crippen LogP contribution in [0.3, 0.4) is 0 Å². The van der Waals surface area contributed by atoms with Gasteiger partial charge >= 0.3 is 37.1 Å². The van der Waals surface area contributed by atoms with E-state index in [0.29, 0.717) is 64.3 Å². The second-order valence-electron chi connectivity index (χ2n) is 21.4. The molecule has 538 valence electrons. The SMILES string of the molecule is CC(O)CC(C)O.CC(O)CC(C)O.COc1[c-]c(-c2nc3c(nc2-c2cc(OC)c(OC)c(OC)c2)CCCC3)cc(OC)c1OC.FC(F)(F)c1[c-]c(-c2nc3c(nc2-c2cc(C(F)(F)F)c(C(F)(F)F)c(C(F)(F)F)c2)CCCC3)cc(C(F)(F)F)c1C(F)(F)F.[Ir].[Ir]. The van der Waals surface area contributed by atoms with Crippen molar-refractivity contribution in [1.29, 1.82) is 0 Å². The largest absolute Gasteiger partial charge is 0.533 e. The molecule has 96 heavy (non-hydrogen) atoms. The Morgan fingerprint density at radius 1 is 0.375 bits per heavy atom. The fourth-order valence-corrected chi connectivity index (χ4v) is 10.1. The minimum Gasteiger partial charge on any atom is -0.533 e. The van der Waals surface area contributed by atoms with Crippen molar-refractivity contribution < 1.29 is 168 Å². The summed E-state index contributed by atoms with van der Waals surface area (Å²) in [4.78, 5) is 17.7. The number of fused-ring (bicyclic) bond motifs is 2. The Kier molecular flexibility index (Phi) is 29.7. The van der Waals surface area contributed by atoms with E-state index in [1.807, 2.05) is 18.2 Å². The Morgan fingerprint density at radius 3 is 0.969 bits per heavy atom. The first kappa shape index (κ1) is 83.9. The Hall–Kier alpha value is -6.28. The van der Waals surface area contributed by atoms with Gasteiger partial charge in [0.2, 0.25) is 5.75 Å². The van der Waals surface area contributed by atoms with Crippen LogP contribution in [0.5, 0.6) is 34.5 Å². The van der Waals surface area contributed by atoms with E-state index in [9.17, 15) is 79.0 Å². The molecule has 0 saturated carbocycles. The van der Waals surface area contributed by atoms with Gasteiger partial charge in [0.1, 0.15) is 5.75 Å². The third kappa shape index (κ3) is 21.4. The monoisotopic (exact) mass is 1750 g/mol. The first-order chi connectivity index (χ1) is 43.4. The van der Waals surface area contributed by atoms with E-state index in [0.717, 1.165) is 48.7 Å². The number of aryl methyl sites for hydroxylation is 4. The number of hydrogen-bond acceptors (Lipinski definition) is 14. The number of benzene rings is 4. The number of nitrogens with zero attached hydrogens (tertiary/aromatic N) is 4. The summed E-state index contributed by atoms with van der Waals surface area (Å²) in [5.74, 6) is 3.00. The molecule has 6 aromatic rings. The van der Waals surface area contributed by atoms with Gasteiger partial charge in [-0.2, -0.15) is 79.0 Å². The van der Waals surface area contributed by atoms with Crippen molar-refractivity contribution in [1.82, 2.24) is 19.9 Å². The molecule has 0 spiro atoms. The van der Waals surface area contributed by atoms with Crippen molar-refractivity contribution >= 4 is 0 Å². The minimum atomic E-state index is -6.31. The molecule has 4 aromatic carbocycles. The third-order valence-electron chi connectivity index (χ3n) is 13.9. The van der Waals surface area contributed by atoms with Gasteiger partial charge in [-0.15, -0.1) is 23.3 Å². The van der Waals surface area contributed by atoms with Crippen LogP contribution in [0.1, 0.15) is 122 Å². The molecule has 0 amide bonds. The van der Waals surface area contributed by atoms with E-state index in [4.69, 9.17) is 58.8 Å². The summed E-state index contributed by atoms with van der Waals surface area (Å²) in [5.41, 5.74) is -20.0. The Balaban J connectivity index is 0.000000419. The Bertz CT molecular complexity index is 3220. The van der Waals surface area contributed by atoms with Crippen LogP contribution in [0.15, 0.2) is 36.4 Å². The maximum absolute atomic E-state index is 13.8. The summed E-state index contributed by atoms with van der Waals surface area (Å²) < 4.78 is 280. The van der Waals surface area contributed by atoms with Gasteiger partial charge in [-0.05, 0) is 138 Å².